The molecular formula is C32H49NO3S. The second kappa shape index (κ2) is 11.7. The van der Waals surface area contributed by atoms with Gasteiger partial charge in [-0.2, -0.15) is 0 Å². The van der Waals surface area contributed by atoms with Gasteiger partial charge in [0, 0.05) is 12.2 Å². The lowest BCUT2D eigenvalue weighted by Gasteiger charge is -2.56. The lowest BCUT2D eigenvalue weighted by Crippen LogP contribution is -2.48. The third-order valence-electron chi connectivity index (χ3n) is 10.7. The Morgan fingerprint density at radius 3 is 2.35 bits per heavy atom. The van der Waals surface area contributed by atoms with E-state index in [4.69, 9.17) is 11.3 Å². The molecule has 0 amide bonds. The van der Waals surface area contributed by atoms with Gasteiger partial charge < -0.3 is 4.74 Å². The molecule has 4 aliphatic rings. The highest BCUT2D eigenvalue weighted by atomic mass is 32.2. The van der Waals surface area contributed by atoms with Crippen LogP contribution in [-0.2, 0) is 14.6 Å². The van der Waals surface area contributed by atoms with Crippen molar-refractivity contribution in [3.63, 3.8) is 0 Å². The number of nitrogens with zero attached hydrogens (tertiary/aromatic N) is 1. The zero-order chi connectivity index (χ0) is 26.7. The Kier molecular flexibility index (Phi) is 8.99. The second-order valence-electron chi connectivity index (χ2n) is 12.7. The molecule has 37 heavy (non-hydrogen) atoms. The molecule has 2 fully saturated rings. The van der Waals surface area contributed by atoms with Gasteiger partial charge >= 0.3 is 0 Å². The largest absolute Gasteiger partial charge is 0.501 e. The van der Waals surface area contributed by atoms with Crippen LogP contribution in [0.3, 0.4) is 0 Å². The number of unbranched alkanes of at least 4 members (excludes halogenated alkanes) is 7. The van der Waals surface area contributed by atoms with E-state index >= 15 is 0 Å². The molecule has 0 bridgehead atoms. The van der Waals surface area contributed by atoms with Gasteiger partial charge in [-0.25, -0.2) is 13.3 Å². The molecule has 4 nitrogen and oxygen atoms in total. The van der Waals surface area contributed by atoms with Gasteiger partial charge in [-0.05, 0) is 90.8 Å². The number of ether oxygens (including phenoxy) is 1. The molecule has 2 saturated carbocycles. The minimum absolute atomic E-state index is 0.113. The highest BCUT2D eigenvalue weighted by Gasteiger charge is 2.57. The van der Waals surface area contributed by atoms with Crippen molar-refractivity contribution in [2.24, 2.45) is 28.6 Å². The molecule has 0 spiro atoms. The topological polar surface area (TPSA) is 47.7 Å². The number of methoxy groups -OCH3 is 1. The van der Waals surface area contributed by atoms with Gasteiger partial charge in [-0.15, -0.1) is 0 Å². The molecule has 5 heteroatoms. The highest BCUT2D eigenvalue weighted by Crippen LogP contribution is 2.66. The molecule has 0 aromatic rings. The molecule has 0 aliphatic heterocycles. The summed E-state index contributed by atoms with van der Waals surface area (Å²) in [6, 6.07) is 0. The summed E-state index contributed by atoms with van der Waals surface area (Å²) in [5.41, 5.74) is 2.45. The summed E-state index contributed by atoms with van der Waals surface area (Å²) in [7, 11) is -1.75. The molecule has 0 saturated heterocycles. The zero-order valence-electron chi connectivity index (χ0n) is 23.8. The first-order valence-corrected chi connectivity index (χ1v) is 16.7. The van der Waals surface area contributed by atoms with Crippen molar-refractivity contribution >= 4 is 9.84 Å². The first-order chi connectivity index (χ1) is 17.7. The summed E-state index contributed by atoms with van der Waals surface area (Å²) >= 11 is 0. The molecule has 0 aromatic heterocycles. The molecule has 0 N–H and O–H groups in total. The molecular weight excluding hydrogens is 478 g/mol. The average Bonchev–Trinajstić information content (AvgIpc) is 3.22. The molecule has 5 atom stereocenters. The first-order valence-electron chi connectivity index (χ1n) is 15.0. The number of fused-ring (bicyclic) bond motifs is 5. The molecule has 0 unspecified atom stereocenters. The van der Waals surface area contributed by atoms with Gasteiger partial charge in [-0.3, -0.25) is 0 Å². The van der Waals surface area contributed by atoms with E-state index in [-0.39, 0.29) is 21.6 Å². The van der Waals surface area contributed by atoms with Crippen LogP contribution in [0.25, 0.3) is 4.85 Å². The second-order valence-corrected chi connectivity index (χ2v) is 14.7. The van der Waals surface area contributed by atoms with Crippen molar-refractivity contribution < 1.29 is 13.2 Å². The van der Waals surface area contributed by atoms with Gasteiger partial charge in [0.05, 0.1) is 19.4 Å². The van der Waals surface area contributed by atoms with Crippen molar-refractivity contribution in [1.29, 1.82) is 0 Å². The van der Waals surface area contributed by atoms with Gasteiger partial charge in [0.2, 0.25) is 0 Å². The number of hydrogen-bond acceptors (Lipinski definition) is 3. The maximum Gasteiger partial charge on any atom is 0.278 e. The maximum absolute atomic E-state index is 13.4. The number of sulfone groups is 1. The third kappa shape index (κ3) is 5.47. The van der Waals surface area contributed by atoms with E-state index in [0.29, 0.717) is 24.2 Å². The zero-order valence-corrected chi connectivity index (χ0v) is 24.6. The molecule has 4 rings (SSSR count). The molecule has 0 radical (unpaired) electrons. The fourth-order valence-corrected chi connectivity index (χ4v) is 10.1. The van der Waals surface area contributed by atoms with Crippen molar-refractivity contribution in [2.75, 3.05) is 12.9 Å². The Hall–Kier alpha value is -1.54. The monoisotopic (exact) mass is 527 g/mol. The normalized spacial score (nSPS) is 34.4. The number of rotatable bonds is 11. The highest BCUT2D eigenvalue weighted by molar-refractivity contribution is 7.95. The van der Waals surface area contributed by atoms with Gasteiger partial charge in [0.25, 0.3) is 5.03 Å². The maximum atomic E-state index is 13.4. The lowest BCUT2D eigenvalue weighted by atomic mass is 9.48. The minimum atomic E-state index is -3.52. The van der Waals surface area contributed by atoms with Gasteiger partial charge in [0.1, 0.15) is 0 Å². The summed E-state index contributed by atoms with van der Waals surface area (Å²) in [5, 5.41) is 0.113. The fourth-order valence-electron chi connectivity index (χ4n) is 8.47. The SMILES string of the molecule is [C-]#[N+]/C(=C1\CC[C@H]2[C@@H]3CC=C4C=C(OC)CC[C@]4(C)[C@H]3CC[C@]12C)S(=O)(=O)CCCCCCCCCC. The van der Waals surface area contributed by atoms with Crippen LogP contribution in [0.4, 0.5) is 0 Å². The summed E-state index contributed by atoms with van der Waals surface area (Å²) in [6.45, 7) is 14.9. The van der Waals surface area contributed by atoms with Crippen LogP contribution in [0.1, 0.15) is 117 Å². The minimum Gasteiger partial charge on any atom is -0.501 e. The van der Waals surface area contributed by atoms with E-state index in [0.717, 1.165) is 69.1 Å². The Morgan fingerprint density at radius 1 is 1.00 bits per heavy atom. The van der Waals surface area contributed by atoms with Crippen LogP contribution >= 0.6 is 0 Å². The van der Waals surface area contributed by atoms with E-state index in [1.54, 1.807) is 7.11 Å². The Morgan fingerprint density at radius 2 is 1.68 bits per heavy atom. The van der Waals surface area contributed by atoms with Crippen LogP contribution in [0.5, 0.6) is 0 Å². The summed E-state index contributed by atoms with van der Waals surface area (Å²) in [5.74, 6) is 2.90. The van der Waals surface area contributed by atoms with Crippen LogP contribution in [0.2, 0.25) is 0 Å². The summed E-state index contributed by atoms with van der Waals surface area (Å²) < 4.78 is 32.4. The quantitative estimate of drug-likeness (QED) is 0.199. The van der Waals surface area contributed by atoms with Gasteiger partial charge in [0.15, 0.2) is 9.84 Å². The molecule has 0 aromatic carbocycles. The van der Waals surface area contributed by atoms with Crippen molar-refractivity contribution in [1.82, 2.24) is 0 Å². The van der Waals surface area contributed by atoms with Crippen LogP contribution in [-0.4, -0.2) is 21.3 Å². The third-order valence-corrected chi connectivity index (χ3v) is 12.5. The van der Waals surface area contributed by atoms with E-state index in [1.807, 2.05) is 0 Å². The average molecular weight is 528 g/mol. The van der Waals surface area contributed by atoms with E-state index < -0.39 is 9.84 Å². The summed E-state index contributed by atoms with van der Waals surface area (Å²) in [6.07, 6.45) is 20.8. The number of allylic oxidation sites excluding steroid dienone is 5. The predicted octanol–water partition coefficient (Wildman–Crippen LogP) is 8.78. The standard InChI is InChI=1S/C32H49NO3S/c1-6-7-8-9-10-11-12-13-22-37(34,35)30(33-4)29-17-16-27-26-15-14-24-23-25(36-5)18-20-31(24,2)28(26)19-21-32(27,29)3/h14,23,26-28H,6-13,15-22H2,1-3,5H3/b30-29-/t26-,27-,28-,31-,32-/m0/s1. The molecule has 0 heterocycles. The Labute approximate surface area is 226 Å². The van der Waals surface area contributed by atoms with Gasteiger partial charge in [-0.1, -0.05) is 71.8 Å². The van der Waals surface area contributed by atoms with Crippen molar-refractivity contribution in [2.45, 2.75) is 117 Å². The van der Waals surface area contributed by atoms with E-state index in [9.17, 15) is 8.42 Å². The van der Waals surface area contributed by atoms with Crippen LogP contribution < -0.4 is 0 Å². The van der Waals surface area contributed by atoms with Crippen LogP contribution in [0, 0.1) is 35.2 Å². The van der Waals surface area contributed by atoms with Crippen molar-refractivity contribution in [3.8, 4) is 0 Å². The Bertz CT molecular complexity index is 1080. The molecule has 206 valence electrons. The smallest absolute Gasteiger partial charge is 0.278 e. The molecule has 4 aliphatic carbocycles. The summed E-state index contributed by atoms with van der Waals surface area (Å²) in [4.78, 5) is 3.74. The lowest BCUT2D eigenvalue weighted by molar-refractivity contribution is -0.00837. The van der Waals surface area contributed by atoms with Crippen molar-refractivity contribution in [3.05, 3.63) is 45.5 Å². The Balaban J connectivity index is 1.47. The first kappa shape index (κ1) is 28.5. The predicted molar refractivity (Wildman–Crippen MR) is 152 cm³/mol. The van der Waals surface area contributed by atoms with E-state index in [1.165, 1.54) is 37.7 Å². The number of hydrogen-bond donors (Lipinski definition) is 0. The van der Waals surface area contributed by atoms with Crippen LogP contribution in [0.15, 0.2) is 34.1 Å². The fraction of sp³-hybridized carbons (Fsp3) is 0.781. The van der Waals surface area contributed by atoms with E-state index in [2.05, 4.69) is 37.8 Å².